The number of rotatable bonds is 0. The average Bonchev–Trinajstić information content (AvgIpc) is 1.91. The highest BCUT2D eigenvalue weighted by Gasteiger charge is 2.23. The van der Waals surface area contributed by atoms with Crippen LogP contribution in [0.5, 0.6) is 0 Å². The lowest BCUT2D eigenvalue weighted by Gasteiger charge is -1.98. The first kappa shape index (κ1) is 5.54. The zero-order chi connectivity index (χ0) is 5.28. The monoisotopic (exact) mass is 166 g/mol. The molecule has 1 rings (SSSR count). The molecule has 0 aromatic heterocycles. The normalized spacial score (nSPS) is 42.0. The Labute approximate surface area is 51.2 Å². The van der Waals surface area contributed by atoms with Crippen molar-refractivity contribution < 1.29 is 4.39 Å². The summed E-state index contributed by atoms with van der Waals surface area (Å²) in [6.07, 6.45) is 2.26. The summed E-state index contributed by atoms with van der Waals surface area (Å²) < 4.78 is 12.3. The van der Waals surface area contributed by atoms with E-state index in [0.717, 1.165) is 19.3 Å². The van der Waals surface area contributed by atoms with Gasteiger partial charge >= 0.3 is 0 Å². The number of halogens is 2. The fourth-order valence-corrected chi connectivity index (χ4v) is 1.46. The van der Waals surface area contributed by atoms with Crippen LogP contribution in [0.1, 0.15) is 19.3 Å². The Morgan fingerprint density at radius 1 is 1.43 bits per heavy atom. The van der Waals surface area contributed by atoms with Gasteiger partial charge in [-0.15, -0.1) is 0 Å². The lowest BCUT2D eigenvalue weighted by molar-refractivity contribution is 0.352. The molecule has 0 bridgehead atoms. The SMILES string of the molecule is F[C@@H]1CCC[C@H]1Br. The first-order chi connectivity index (χ1) is 3.30. The minimum absolute atomic E-state index is 0.160. The summed E-state index contributed by atoms with van der Waals surface area (Å²) in [5.41, 5.74) is 0. The predicted octanol–water partition coefficient (Wildman–Crippen LogP) is 2.27. The molecule has 0 saturated heterocycles. The van der Waals surface area contributed by atoms with E-state index in [1.807, 2.05) is 0 Å². The Bertz CT molecular complexity index is 57.1. The molecule has 0 amide bonds. The Morgan fingerprint density at radius 3 is 2.29 bits per heavy atom. The highest BCUT2D eigenvalue weighted by atomic mass is 79.9. The number of hydrogen-bond acceptors (Lipinski definition) is 0. The maximum atomic E-state index is 12.3. The van der Waals surface area contributed by atoms with Gasteiger partial charge in [0, 0.05) is 4.83 Å². The summed E-state index contributed by atoms with van der Waals surface area (Å²) in [5.74, 6) is 0. The number of hydrogen-bond donors (Lipinski definition) is 0. The summed E-state index contributed by atoms with van der Waals surface area (Å²) in [6.45, 7) is 0. The topological polar surface area (TPSA) is 0 Å². The van der Waals surface area contributed by atoms with Crippen LogP contribution in [0.3, 0.4) is 0 Å². The first-order valence-corrected chi connectivity index (χ1v) is 3.50. The van der Waals surface area contributed by atoms with E-state index < -0.39 is 6.17 Å². The summed E-state index contributed by atoms with van der Waals surface area (Å²) in [7, 11) is 0. The summed E-state index contributed by atoms with van der Waals surface area (Å²) in [5, 5.41) is 0. The second kappa shape index (κ2) is 2.12. The van der Waals surface area contributed by atoms with Crippen molar-refractivity contribution in [1.29, 1.82) is 0 Å². The van der Waals surface area contributed by atoms with Gasteiger partial charge in [-0.25, -0.2) is 4.39 Å². The molecule has 0 N–H and O–H groups in total. The molecule has 0 aromatic carbocycles. The van der Waals surface area contributed by atoms with Gasteiger partial charge in [-0.2, -0.15) is 0 Å². The third-order valence-corrected chi connectivity index (χ3v) is 2.38. The van der Waals surface area contributed by atoms with E-state index in [1.54, 1.807) is 0 Å². The third kappa shape index (κ3) is 1.15. The van der Waals surface area contributed by atoms with E-state index in [1.165, 1.54) is 0 Å². The molecule has 1 fully saturated rings. The molecule has 0 heterocycles. The van der Waals surface area contributed by atoms with Crippen molar-refractivity contribution in [3.63, 3.8) is 0 Å². The Hall–Kier alpha value is 0.410. The van der Waals surface area contributed by atoms with Gasteiger partial charge in [0.25, 0.3) is 0 Å². The maximum absolute atomic E-state index is 12.3. The molecule has 0 nitrogen and oxygen atoms in total. The van der Waals surface area contributed by atoms with Crippen molar-refractivity contribution in [2.45, 2.75) is 30.3 Å². The Kier molecular flexibility index (Phi) is 1.68. The highest BCUT2D eigenvalue weighted by molar-refractivity contribution is 9.09. The predicted molar refractivity (Wildman–Crippen MR) is 31.5 cm³/mol. The van der Waals surface area contributed by atoms with Gasteiger partial charge in [0.2, 0.25) is 0 Å². The minimum Gasteiger partial charge on any atom is -0.246 e. The van der Waals surface area contributed by atoms with Gasteiger partial charge in [-0.1, -0.05) is 15.9 Å². The van der Waals surface area contributed by atoms with Crippen LogP contribution in [0.2, 0.25) is 0 Å². The maximum Gasteiger partial charge on any atom is 0.113 e. The van der Waals surface area contributed by atoms with Crippen LogP contribution >= 0.6 is 15.9 Å². The fraction of sp³-hybridized carbons (Fsp3) is 1.00. The first-order valence-electron chi connectivity index (χ1n) is 2.59. The summed E-state index contributed by atoms with van der Waals surface area (Å²) in [6, 6.07) is 0. The molecule has 42 valence electrons. The smallest absolute Gasteiger partial charge is 0.113 e. The molecule has 0 aliphatic heterocycles. The van der Waals surface area contributed by atoms with E-state index >= 15 is 0 Å². The van der Waals surface area contributed by atoms with Crippen LogP contribution in [-0.4, -0.2) is 11.0 Å². The van der Waals surface area contributed by atoms with E-state index in [4.69, 9.17) is 0 Å². The second-order valence-electron chi connectivity index (χ2n) is 1.96. The quantitative estimate of drug-likeness (QED) is 0.485. The van der Waals surface area contributed by atoms with Crippen molar-refractivity contribution in [2.24, 2.45) is 0 Å². The number of alkyl halides is 2. The second-order valence-corrected chi connectivity index (χ2v) is 3.14. The van der Waals surface area contributed by atoms with Crippen molar-refractivity contribution in [1.82, 2.24) is 0 Å². The van der Waals surface area contributed by atoms with Crippen molar-refractivity contribution >= 4 is 15.9 Å². The minimum atomic E-state index is -0.569. The molecule has 2 atom stereocenters. The molecule has 1 saturated carbocycles. The Morgan fingerprint density at radius 2 is 2.14 bits per heavy atom. The molecule has 0 radical (unpaired) electrons. The van der Waals surface area contributed by atoms with Crippen LogP contribution in [0, 0.1) is 0 Å². The van der Waals surface area contributed by atoms with E-state index in [-0.39, 0.29) is 4.83 Å². The van der Waals surface area contributed by atoms with Gasteiger partial charge in [-0.05, 0) is 19.3 Å². The highest BCUT2D eigenvalue weighted by Crippen LogP contribution is 2.27. The molecule has 1 aliphatic carbocycles. The van der Waals surface area contributed by atoms with Gasteiger partial charge in [0.15, 0.2) is 0 Å². The summed E-state index contributed by atoms with van der Waals surface area (Å²) in [4.78, 5) is 0.160. The van der Waals surface area contributed by atoms with Crippen LogP contribution in [0.15, 0.2) is 0 Å². The zero-order valence-corrected chi connectivity index (χ0v) is 5.62. The molecule has 0 aromatic rings. The van der Waals surface area contributed by atoms with E-state index in [9.17, 15) is 4.39 Å². The van der Waals surface area contributed by atoms with Crippen LogP contribution < -0.4 is 0 Å². The van der Waals surface area contributed by atoms with Crippen molar-refractivity contribution in [3.8, 4) is 0 Å². The lowest BCUT2D eigenvalue weighted by Crippen LogP contribution is -2.04. The average molecular weight is 167 g/mol. The van der Waals surface area contributed by atoms with E-state index in [2.05, 4.69) is 15.9 Å². The molecule has 7 heavy (non-hydrogen) atoms. The van der Waals surface area contributed by atoms with Gasteiger partial charge in [0.05, 0.1) is 0 Å². The molecule has 0 spiro atoms. The van der Waals surface area contributed by atoms with Crippen molar-refractivity contribution in [3.05, 3.63) is 0 Å². The summed E-state index contributed by atoms with van der Waals surface area (Å²) >= 11 is 3.23. The Balaban J connectivity index is 2.33. The molecular weight excluding hydrogens is 159 g/mol. The lowest BCUT2D eigenvalue weighted by atomic mass is 10.3. The van der Waals surface area contributed by atoms with Crippen LogP contribution in [0.4, 0.5) is 4.39 Å². The van der Waals surface area contributed by atoms with Crippen LogP contribution in [0.25, 0.3) is 0 Å². The molecular formula is C5H8BrF. The van der Waals surface area contributed by atoms with E-state index in [0.29, 0.717) is 0 Å². The standard InChI is InChI=1S/C5H8BrF/c6-4-2-1-3-5(4)7/h4-5H,1-3H2/t4-,5-/m1/s1. The molecule has 2 heteroatoms. The van der Waals surface area contributed by atoms with Gasteiger partial charge in [0.1, 0.15) is 6.17 Å². The third-order valence-electron chi connectivity index (χ3n) is 1.35. The van der Waals surface area contributed by atoms with Crippen LogP contribution in [-0.2, 0) is 0 Å². The molecule has 0 unspecified atom stereocenters. The van der Waals surface area contributed by atoms with Gasteiger partial charge in [-0.3, -0.25) is 0 Å². The van der Waals surface area contributed by atoms with Gasteiger partial charge < -0.3 is 0 Å². The molecule has 1 aliphatic rings. The van der Waals surface area contributed by atoms with Crippen molar-refractivity contribution in [2.75, 3.05) is 0 Å². The largest absolute Gasteiger partial charge is 0.246 e. The zero-order valence-electron chi connectivity index (χ0n) is 4.03. The fourth-order valence-electron chi connectivity index (χ4n) is 0.870.